The average molecular weight is 359 g/mol. The van der Waals surface area contributed by atoms with Gasteiger partial charge in [-0.3, -0.25) is 10.2 Å². The van der Waals surface area contributed by atoms with Crippen LogP contribution in [0.25, 0.3) is 10.9 Å². The number of hydrogen-bond donors (Lipinski definition) is 2. The maximum Gasteiger partial charge on any atom is 0.232 e. The molecule has 0 unspecified atom stereocenters. The second-order valence-electron chi connectivity index (χ2n) is 6.92. The van der Waals surface area contributed by atoms with Crippen molar-refractivity contribution in [1.29, 1.82) is 0 Å². The summed E-state index contributed by atoms with van der Waals surface area (Å²) in [5.74, 6) is -0.0745. The summed E-state index contributed by atoms with van der Waals surface area (Å²) < 4.78 is 2.25. The first-order chi connectivity index (χ1) is 13.1. The number of anilines is 2. The molecule has 0 radical (unpaired) electrons. The highest BCUT2D eigenvalue weighted by atomic mass is 16.1. The van der Waals surface area contributed by atoms with Crippen molar-refractivity contribution in [1.82, 2.24) is 0 Å². The third-order valence-electron chi connectivity index (χ3n) is 4.93. The molecule has 1 amide bonds. The quantitative estimate of drug-likeness (QED) is 0.552. The number of hydrogen-bond acceptors (Lipinski definition) is 3. The number of aromatic nitrogens is 1. The zero-order valence-electron chi connectivity index (χ0n) is 15.6. The molecule has 5 nitrogen and oxygen atoms in total. The van der Waals surface area contributed by atoms with Gasteiger partial charge >= 0.3 is 0 Å². The Morgan fingerprint density at radius 3 is 2.56 bits per heavy atom. The van der Waals surface area contributed by atoms with Crippen molar-refractivity contribution in [3.63, 3.8) is 0 Å². The first-order valence-corrected chi connectivity index (χ1v) is 9.23. The Morgan fingerprint density at radius 2 is 1.78 bits per heavy atom. The molecule has 1 aliphatic rings. The van der Waals surface area contributed by atoms with E-state index in [9.17, 15) is 4.79 Å². The zero-order chi connectivity index (χ0) is 18.8. The van der Waals surface area contributed by atoms with Gasteiger partial charge in [0.25, 0.3) is 0 Å². The molecule has 0 atom stereocenters. The fraction of sp³-hybridized carbons (Fsp3) is 0.227. The molecule has 136 valence electrons. The van der Waals surface area contributed by atoms with Gasteiger partial charge in [0.1, 0.15) is 12.8 Å². The van der Waals surface area contributed by atoms with E-state index in [0.29, 0.717) is 0 Å². The lowest BCUT2D eigenvalue weighted by atomic mass is 9.92. The van der Waals surface area contributed by atoms with Gasteiger partial charge in [0.15, 0.2) is 0 Å². The van der Waals surface area contributed by atoms with Gasteiger partial charge < -0.3 is 5.32 Å². The summed E-state index contributed by atoms with van der Waals surface area (Å²) in [5.41, 5.74) is 9.70. The largest absolute Gasteiger partial charge is 0.326 e. The van der Waals surface area contributed by atoms with Crippen LogP contribution in [0.2, 0.25) is 0 Å². The van der Waals surface area contributed by atoms with Gasteiger partial charge in [0.05, 0.1) is 5.69 Å². The first kappa shape index (κ1) is 17.2. The molecular formula is C22H23N4O+. The van der Waals surface area contributed by atoms with Crippen LogP contribution in [0.1, 0.15) is 31.0 Å². The molecule has 0 bridgehead atoms. The summed E-state index contributed by atoms with van der Waals surface area (Å²) >= 11 is 0. The normalized spacial score (nSPS) is 14.8. The van der Waals surface area contributed by atoms with Crippen LogP contribution in [0.4, 0.5) is 11.4 Å². The Labute approximate surface area is 158 Å². The smallest absolute Gasteiger partial charge is 0.232 e. The maximum atomic E-state index is 11.1. The average Bonchev–Trinajstić information content (AvgIpc) is 2.67. The third-order valence-corrected chi connectivity index (χ3v) is 4.93. The number of hydrazone groups is 1. The lowest BCUT2D eigenvalue weighted by Gasteiger charge is -2.16. The lowest BCUT2D eigenvalue weighted by Crippen LogP contribution is -2.40. The van der Waals surface area contributed by atoms with Crippen LogP contribution >= 0.6 is 0 Å². The van der Waals surface area contributed by atoms with E-state index in [0.717, 1.165) is 36.3 Å². The lowest BCUT2D eigenvalue weighted by molar-refractivity contribution is -0.646. The van der Waals surface area contributed by atoms with Gasteiger partial charge in [-0.05, 0) is 55.7 Å². The van der Waals surface area contributed by atoms with Crippen molar-refractivity contribution in [2.24, 2.45) is 12.1 Å². The fourth-order valence-electron chi connectivity index (χ4n) is 3.71. The molecule has 27 heavy (non-hydrogen) atoms. The van der Waals surface area contributed by atoms with E-state index in [-0.39, 0.29) is 5.91 Å². The topological polar surface area (TPSA) is 57.4 Å². The highest BCUT2D eigenvalue weighted by Gasteiger charge is 2.26. The molecule has 0 spiro atoms. The van der Waals surface area contributed by atoms with E-state index in [1.54, 1.807) is 0 Å². The van der Waals surface area contributed by atoms with Gasteiger partial charge in [-0.15, -0.1) is 0 Å². The number of benzene rings is 2. The number of carbonyl (C=O) groups excluding carboxylic acids is 1. The molecule has 0 saturated heterocycles. The Morgan fingerprint density at radius 1 is 1.04 bits per heavy atom. The third kappa shape index (κ3) is 3.53. The summed E-state index contributed by atoms with van der Waals surface area (Å²) in [4.78, 5) is 11.1. The molecule has 2 aromatic carbocycles. The molecule has 5 heteroatoms. The second kappa shape index (κ2) is 7.19. The number of pyridine rings is 1. The molecule has 4 rings (SSSR count). The van der Waals surface area contributed by atoms with Crippen LogP contribution in [0.5, 0.6) is 0 Å². The number of carbonyl (C=O) groups is 1. The molecule has 2 N–H and O–H groups in total. The number of para-hydroxylation sites is 1. The molecule has 1 heterocycles. The van der Waals surface area contributed by atoms with Crippen LogP contribution in [0.3, 0.4) is 0 Å². The van der Waals surface area contributed by atoms with Crippen molar-refractivity contribution in [3.05, 3.63) is 65.9 Å². The van der Waals surface area contributed by atoms with Crippen molar-refractivity contribution < 1.29 is 9.36 Å². The van der Waals surface area contributed by atoms with Crippen molar-refractivity contribution in [3.8, 4) is 0 Å². The van der Waals surface area contributed by atoms with E-state index < -0.39 is 0 Å². The number of nitrogens with one attached hydrogen (secondary N) is 2. The highest BCUT2D eigenvalue weighted by Crippen LogP contribution is 2.23. The highest BCUT2D eigenvalue weighted by molar-refractivity contribution is 6.01. The second-order valence-corrected chi connectivity index (χ2v) is 6.92. The predicted octanol–water partition coefficient (Wildman–Crippen LogP) is 3.78. The minimum atomic E-state index is -0.0745. The van der Waals surface area contributed by atoms with E-state index in [2.05, 4.69) is 52.7 Å². The first-order valence-electron chi connectivity index (χ1n) is 9.23. The van der Waals surface area contributed by atoms with Gasteiger partial charge in [-0.1, -0.05) is 12.1 Å². The van der Waals surface area contributed by atoms with E-state index >= 15 is 0 Å². The minimum Gasteiger partial charge on any atom is -0.326 e. The maximum absolute atomic E-state index is 11.1. The molecule has 0 aliphatic heterocycles. The Kier molecular flexibility index (Phi) is 4.59. The van der Waals surface area contributed by atoms with Crippen LogP contribution in [0.15, 0.2) is 59.7 Å². The van der Waals surface area contributed by atoms with Gasteiger partial charge in [0.2, 0.25) is 17.1 Å². The molecule has 3 aromatic rings. The van der Waals surface area contributed by atoms with Gasteiger partial charge in [-0.2, -0.15) is 9.67 Å². The number of amides is 1. The van der Waals surface area contributed by atoms with E-state index in [1.807, 2.05) is 24.3 Å². The Bertz CT molecular complexity index is 1040. The molecule has 0 fully saturated rings. The standard InChI is InChI=1S/C22H22N4O/c1-15(27)23-18-10-12-19(13-11-18)24-25-20-8-5-7-17-14-16-6-3-4-9-21(16)26(2)22(17)20/h3-4,6,9-14H,5,7-8H2,1-2H3,(H,23,25,27)/p+1. The van der Waals surface area contributed by atoms with Crippen LogP contribution in [0, 0.1) is 0 Å². The fourth-order valence-corrected chi connectivity index (χ4v) is 3.71. The molecular weight excluding hydrogens is 336 g/mol. The van der Waals surface area contributed by atoms with Crippen LogP contribution in [-0.4, -0.2) is 11.6 Å². The van der Waals surface area contributed by atoms with Crippen molar-refractivity contribution >= 4 is 33.9 Å². The summed E-state index contributed by atoms with van der Waals surface area (Å²) in [6.45, 7) is 1.50. The zero-order valence-corrected chi connectivity index (χ0v) is 15.6. The summed E-state index contributed by atoms with van der Waals surface area (Å²) in [5, 5.41) is 8.75. The molecule has 1 aliphatic carbocycles. The van der Waals surface area contributed by atoms with Crippen LogP contribution in [-0.2, 0) is 18.3 Å². The van der Waals surface area contributed by atoms with Crippen LogP contribution < -0.4 is 15.3 Å². The molecule has 0 saturated carbocycles. The van der Waals surface area contributed by atoms with Gasteiger partial charge in [-0.25, -0.2) is 0 Å². The Balaban J connectivity index is 1.64. The van der Waals surface area contributed by atoms with Crippen molar-refractivity contribution in [2.75, 3.05) is 10.7 Å². The molecule has 1 aromatic heterocycles. The summed E-state index contributed by atoms with van der Waals surface area (Å²) in [6.07, 6.45) is 3.14. The minimum absolute atomic E-state index is 0.0745. The Hall–Kier alpha value is -3.21. The SMILES string of the molecule is CC(=O)Nc1ccc(NN=C2CCCc3cc4ccccc4[n+](C)c32)cc1. The number of nitrogens with zero attached hydrogens (tertiary/aromatic N) is 2. The predicted molar refractivity (Wildman–Crippen MR) is 109 cm³/mol. The monoisotopic (exact) mass is 359 g/mol. The summed E-state index contributed by atoms with van der Waals surface area (Å²) in [6, 6.07) is 18.3. The van der Waals surface area contributed by atoms with E-state index in [1.165, 1.54) is 29.1 Å². The summed E-state index contributed by atoms with van der Waals surface area (Å²) in [7, 11) is 2.12. The number of fused-ring (bicyclic) bond motifs is 2. The number of rotatable bonds is 3. The van der Waals surface area contributed by atoms with E-state index in [4.69, 9.17) is 5.10 Å². The van der Waals surface area contributed by atoms with Gasteiger partial charge in [0, 0.05) is 29.6 Å². The van der Waals surface area contributed by atoms with Crippen molar-refractivity contribution in [2.45, 2.75) is 26.2 Å². The number of aryl methyl sites for hydroxylation is 2.